The van der Waals surface area contributed by atoms with Crippen LogP contribution in [0.4, 0.5) is 0 Å². The van der Waals surface area contributed by atoms with Gasteiger partial charge in [0.15, 0.2) is 11.5 Å². The minimum atomic E-state index is -0.659. The quantitative estimate of drug-likeness (QED) is 0.908. The molecule has 5 heteroatoms. The predicted molar refractivity (Wildman–Crippen MR) is 82.2 cm³/mol. The van der Waals surface area contributed by atoms with Crippen LogP contribution in [-0.4, -0.2) is 42.3 Å². The van der Waals surface area contributed by atoms with Gasteiger partial charge in [0, 0.05) is 38.5 Å². The number of amides is 1. The van der Waals surface area contributed by atoms with Crippen LogP contribution in [0.1, 0.15) is 37.0 Å². The van der Waals surface area contributed by atoms with Crippen molar-refractivity contribution in [2.24, 2.45) is 5.92 Å². The fourth-order valence-corrected chi connectivity index (χ4v) is 3.80. The van der Waals surface area contributed by atoms with Crippen LogP contribution in [0.5, 0.6) is 11.5 Å². The van der Waals surface area contributed by atoms with E-state index in [0.717, 1.165) is 18.9 Å². The van der Waals surface area contributed by atoms with E-state index < -0.39 is 5.79 Å². The molecule has 0 spiro atoms. The summed E-state index contributed by atoms with van der Waals surface area (Å²) < 4.78 is 11.4. The highest BCUT2D eigenvalue weighted by atomic mass is 16.7. The van der Waals surface area contributed by atoms with E-state index in [9.17, 15) is 4.79 Å². The van der Waals surface area contributed by atoms with Crippen LogP contribution in [0.25, 0.3) is 0 Å². The average Bonchev–Trinajstić information content (AvgIpc) is 2.95. The van der Waals surface area contributed by atoms with E-state index in [1.807, 2.05) is 19.9 Å². The molecule has 5 nitrogen and oxygen atoms in total. The lowest BCUT2D eigenvalue weighted by molar-refractivity contribution is -0.0431. The zero-order valence-electron chi connectivity index (χ0n) is 13.1. The van der Waals surface area contributed by atoms with E-state index in [-0.39, 0.29) is 11.9 Å². The van der Waals surface area contributed by atoms with Gasteiger partial charge in [-0.1, -0.05) is 0 Å². The Morgan fingerprint density at radius 1 is 1.27 bits per heavy atom. The van der Waals surface area contributed by atoms with Gasteiger partial charge < -0.3 is 19.7 Å². The van der Waals surface area contributed by atoms with Crippen LogP contribution in [-0.2, 0) is 0 Å². The molecule has 1 unspecified atom stereocenters. The Balaban J connectivity index is 1.45. The average molecular weight is 302 g/mol. The van der Waals surface area contributed by atoms with Gasteiger partial charge in [-0.15, -0.1) is 0 Å². The largest absolute Gasteiger partial charge is 0.449 e. The fraction of sp³-hybridized carbons (Fsp3) is 0.588. The first kappa shape index (κ1) is 13.9. The first-order valence-electron chi connectivity index (χ1n) is 8.04. The molecule has 2 saturated heterocycles. The summed E-state index contributed by atoms with van der Waals surface area (Å²) in [6.45, 7) is 7.07. The second-order valence-corrected chi connectivity index (χ2v) is 7.09. The van der Waals surface area contributed by atoms with Gasteiger partial charge in [0.1, 0.15) is 0 Å². The van der Waals surface area contributed by atoms with E-state index in [1.54, 1.807) is 12.1 Å². The number of nitrogens with one attached hydrogen (secondary N) is 1. The van der Waals surface area contributed by atoms with Gasteiger partial charge in [-0.05, 0) is 43.5 Å². The number of carbonyl (C=O) groups excluding carboxylic acids is 1. The molecule has 2 fully saturated rings. The lowest BCUT2D eigenvalue weighted by atomic mass is 9.96. The lowest BCUT2D eigenvalue weighted by Crippen LogP contribution is -2.47. The molecule has 118 valence electrons. The molecule has 0 aliphatic carbocycles. The summed E-state index contributed by atoms with van der Waals surface area (Å²) in [5.41, 5.74) is 0.632. The normalized spacial score (nSPS) is 31.1. The summed E-state index contributed by atoms with van der Waals surface area (Å²) in [7, 11) is 0. The van der Waals surface area contributed by atoms with Crippen molar-refractivity contribution in [3.05, 3.63) is 23.8 Å². The summed E-state index contributed by atoms with van der Waals surface area (Å²) in [4.78, 5) is 14.9. The Kier molecular flexibility index (Phi) is 3.08. The molecule has 0 saturated carbocycles. The van der Waals surface area contributed by atoms with Crippen molar-refractivity contribution in [3.63, 3.8) is 0 Å². The van der Waals surface area contributed by atoms with Crippen LogP contribution in [0.2, 0.25) is 0 Å². The smallest absolute Gasteiger partial charge is 0.251 e. The Bertz CT molecular complexity index is 602. The van der Waals surface area contributed by atoms with Gasteiger partial charge in [0.25, 0.3) is 5.91 Å². The van der Waals surface area contributed by atoms with Crippen molar-refractivity contribution in [1.82, 2.24) is 10.2 Å². The zero-order valence-corrected chi connectivity index (χ0v) is 13.1. The summed E-state index contributed by atoms with van der Waals surface area (Å²) >= 11 is 0. The van der Waals surface area contributed by atoms with Crippen molar-refractivity contribution >= 4 is 5.91 Å². The van der Waals surface area contributed by atoms with Crippen molar-refractivity contribution in [1.29, 1.82) is 0 Å². The number of carbonyl (C=O) groups is 1. The second kappa shape index (κ2) is 4.88. The number of fused-ring (bicyclic) bond motifs is 3. The van der Waals surface area contributed by atoms with Gasteiger partial charge in [0.2, 0.25) is 5.79 Å². The molecular weight excluding hydrogens is 280 g/mol. The summed E-state index contributed by atoms with van der Waals surface area (Å²) in [5.74, 6) is 1.40. The minimum Gasteiger partial charge on any atom is -0.449 e. The maximum atomic E-state index is 12.5. The number of ether oxygens (including phenoxy) is 2. The third-order valence-electron chi connectivity index (χ3n) is 4.72. The van der Waals surface area contributed by atoms with Gasteiger partial charge in [-0.3, -0.25) is 4.79 Å². The highest BCUT2D eigenvalue weighted by molar-refractivity contribution is 5.95. The molecule has 3 aliphatic rings. The second-order valence-electron chi connectivity index (χ2n) is 7.09. The number of hydrogen-bond acceptors (Lipinski definition) is 4. The Morgan fingerprint density at radius 2 is 2.09 bits per heavy atom. The summed E-state index contributed by atoms with van der Waals surface area (Å²) in [6.07, 6.45) is 2.37. The Morgan fingerprint density at radius 3 is 2.91 bits per heavy atom. The van der Waals surface area contributed by atoms with Crippen LogP contribution in [0.15, 0.2) is 18.2 Å². The third-order valence-corrected chi connectivity index (χ3v) is 4.72. The van der Waals surface area contributed by atoms with Gasteiger partial charge >= 0.3 is 0 Å². The standard InChI is InChI=1S/C17H22N2O3/c1-17(2)21-14-4-3-12(8-15(14)22-17)16(20)18-13-7-11-5-6-19(9-11)10-13/h3-4,8,11,13H,5-7,9-10H2,1-2H3,(H,18,20)/t11-,13-/m1/s1. The highest BCUT2D eigenvalue weighted by Crippen LogP contribution is 2.39. The predicted octanol–water partition coefficient (Wildman–Crippen LogP) is 2.02. The molecule has 3 atom stereocenters. The highest BCUT2D eigenvalue weighted by Gasteiger charge is 2.34. The minimum absolute atomic E-state index is 0.0244. The van der Waals surface area contributed by atoms with Gasteiger partial charge in [-0.25, -0.2) is 0 Å². The van der Waals surface area contributed by atoms with E-state index in [1.165, 1.54) is 19.5 Å². The van der Waals surface area contributed by atoms with Crippen LogP contribution in [0.3, 0.4) is 0 Å². The van der Waals surface area contributed by atoms with E-state index in [2.05, 4.69) is 10.2 Å². The Hall–Kier alpha value is -1.75. The van der Waals surface area contributed by atoms with Crippen LogP contribution in [0, 0.1) is 5.92 Å². The van der Waals surface area contributed by atoms with E-state index >= 15 is 0 Å². The first-order chi connectivity index (χ1) is 10.5. The Labute approximate surface area is 130 Å². The van der Waals surface area contributed by atoms with Gasteiger partial charge in [0.05, 0.1) is 0 Å². The number of benzene rings is 1. The molecule has 4 rings (SSSR count). The molecule has 0 aromatic heterocycles. The molecule has 1 N–H and O–H groups in total. The molecule has 0 radical (unpaired) electrons. The molecule has 3 heterocycles. The molecule has 1 aromatic carbocycles. The molecule has 1 amide bonds. The molecule has 22 heavy (non-hydrogen) atoms. The summed E-state index contributed by atoms with van der Waals surface area (Å²) in [5, 5.41) is 3.17. The third kappa shape index (κ3) is 2.54. The molecule has 2 bridgehead atoms. The van der Waals surface area contributed by atoms with Crippen molar-refractivity contribution < 1.29 is 14.3 Å². The van der Waals surface area contributed by atoms with Crippen LogP contribution < -0.4 is 14.8 Å². The van der Waals surface area contributed by atoms with Crippen molar-refractivity contribution in [2.75, 3.05) is 19.6 Å². The molecule has 1 aromatic rings. The number of rotatable bonds is 2. The first-order valence-corrected chi connectivity index (χ1v) is 8.04. The SMILES string of the molecule is CC1(C)Oc2ccc(C(=O)N[C@@H]3C[C@H]4CCN(C4)C3)cc2O1. The maximum absolute atomic E-state index is 12.5. The fourth-order valence-electron chi connectivity index (χ4n) is 3.80. The van der Waals surface area contributed by atoms with Crippen molar-refractivity contribution in [2.45, 2.75) is 38.5 Å². The number of piperidine rings is 1. The number of nitrogens with zero attached hydrogens (tertiary/aromatic N) is 1. The lowest BCUT2D eigenvalue weighted by Gasteiger charge is -2.30. The number of hydrogen-bond donors (Lipinski definition) is 1. The summed E-state index contributed by atoms with van der Waals surface area (Å²) in [6, 6.07) is 5.65. The topological polar surface area (TPSA) is 50.8 Å². The van der Waals surface area contributed by atoms with E-state index in [4.69, 9.17) is 9.47 Å². The molecular formula is C17H22N2O3. The maximum Gasteiger partial charge on any atom is 0.251 e. The van der Waals surface area contributed by atoms with E-state index in [0.29, 0.717) is 17.1 Å². The zero-order chi connectivity index (χ0) is 15.3. The molecule has 3 aliphatic heterocycles. The van der Waals surface area contributed by atoms with Crippen LogP contribution >= 0.6 is 0 Å². The van der Waals surface area contributed by atoms with Crippen molar-refractivity contribution in [3.8, 4) is 11.5 Å². The van der Waals surface area contributed by atoms with Gasteiger partial charge in [-0.2, -0.15) is 0 Å². The monoisotopic (exact) mass is 302 g/mol.